The van der Waals surface area contributed by atoms with E-state index in [-0.39, 0.29) is 0 Å². The van der Waals surface area contributed by atoms with Gasteiger partial charge in [0.25, 0.3) is 0 Å². The Kier molecular flexibility index (Phi) is 3.23. The highest BCUT2D eigenvalue weighted by Crippen LogP contribution is 2.13. The average Bonchev–Trinajstić information content (AvgIpc) is 2.62. The number of nitrogens with two attached hydrogens (primary N) is 1. The monoisotopic (exact) mass is 209 g/mol. The SMILES string of the molecule is CCn1ncc(N)c1CN1CCNCC1. The van der Waals surface area contributed by atoms with Crippen LogP contribution < -0.4 is 11.1 Å². The zero-order chi connectivity index (χ0) is 10.7. The first-order valence-corrected chi connectivity index (χ1v) is 5.54. The number of nitrogens with zero attached hydrogens (tertiary/aromatic N) is 3. The molecule has 0 radical (unpaired) electrons. The average molecular weight is 209 g/mol. The summed E-state index contributed by atoms with van der Waals surface area (Å²) >= 11 is 0. The summed E-state index contributed by atoms with van der Waals surface area (Å²) in [5.74, 6) is 0. The first kappa shape index (κ1) is 10.4. The number of aromatic nitrogens is 2. The van der Waals surface area contributed by atoms with Crippen LogP contribution in [0.3, 0.4) is 0 Å². The molecule has 15 heavy (non-hydrogen) atoms. The molecule has 3 N–H and O–H groups in total. The maximum atomic E-state index is 5.91. The molecule has 0 aromatic carbocycles. The summed E-state index contributed by atoms with van der Waals surface area (Å²) in [6.45, 7) is 8.22. The largest absolute Gasteiger partial charge is 0.396 e. The van der Waals surface area contributed by atoms with Gasteiger partial charge >= 0.3 is 0 Å². The van der Waals surface area contributed by atoms with Gasteiger partial charge in [0.2, 0.25) is 0 Å². The summed E-state index contributed by atoms with van der Waals surface area (Å²) in [6, 6.07) is 0. The van der Waals surface area contributed by atoms with E-state index in [0.717, 1.165) is 50.6 Å². The molecule has 0 atom stereocenters. The first-order chi connectivity index (χ1) is 7.31. The predicted molar refractivity (Wildman–Crippen MR) is 60.5 cm³/mol. The number of nitrogen functional groups attached to an aromatic ring is 1. The fourth-order valence-corrected chi connectivity index (χ4v) is 1.95. The Morgan fingerprint density at radius 1 is 1.47 bits per heavy atom. The first-order valence-electron chi connectivity index (χ1n) is 5.54. The topological polar surface area (TPSA) is 59.1 Å². The number of anilines is 1. The maximum Gasteiger partial charge on any atom is 0.0753 e. The third-order valence-electron chi connectivity index (χ3n) is 2.86. The summed E-state index contributed by atoms with van der Waals surface area (Å²) < 4.78 is 1.98. The minimum Gasteiger partial charge on any atom is -0.396 e. The van der Waals surface area contributed by atoms with Crippen LogP contribution in [-0.2, 0) is 13.1 Å². The number of hydrogen-bond donors (Lipinski definition) is 2. The molecular formula is C10H19N5. The number of piperazine rings is 1. The van der Waals surface area contributed by atoms with Gasteiger partial charge in [0.15, 0.2) is 0 Å². The molecular weight excluding hydrogens is 190 g/mol. The third-order valence-corrected chi connectivity index (χ3v) is 2.86. The molecule has 2 heterocycles. The van der Waals surface area contributed by atoms with Crippen molar-refractivity contribution in [2.75, 3.05) is 31.9 Å². The van der Waals surface area contributed by atoms with Crippen molar-refractivity contribution in [3.63, 3.8) is 0 Å². The molecule has 5 nitrogen and oxygen atoms in total. The van der Waals surface area contributed by atoms with E-state index in [1.807, 2.05) is 4.68 Å². The smallest absolute Gasteiger partial charge is 0.0753 e. The van der Waals surface area contributed by atoms with Gasteiger partial charge in [-0.25, -0.2) is 0 Å². The number of rotatable bonds is 3. The van der Waals surface area contributed by atoms with Crippen LogP contribution in [0.2, 0.25) is 0 Å². The molecule has 0 saturated carbocycles. The molecule has 0 spiro atoms. The van der Waals surface area contributed by atoms with E-state index in [2.05, 4.69) is 22.2 Å². The summed E-state index contributed by atoms with van der Waals surface area (Å²) in [5.41, 5.74) is 7.88. The van der Waals surface area contributed by atoms with E-state index < -0.39 is 0 Å². The molecule has 0 amide bonds. The van der Waals surface area contributed by atoms with Gasteiger partial charge in [-0.2, -0.15) is 5.10 Å². The Labute approximate surface area is 90.2 Å². The summed E-state index contributed by atoms with van der Waals surface area (Å²) in [7, 11) is 0. The lowest BCUT2D eigenvalue weighted by molar-refractivity contribution is 0.227. The van der Waals surface area contributed by atoms with Gasteiger partial charge in [0, 0.05) is 39.3 Å². The Morgan fingerprint density at radius 2 is 2.20 bits per heavy atom. The second-order valence-corrected chi connectivity index (χ2v) is 3.89. The molecule has 1 aliphatic rings. The molecule has 1 aromatic rings. The van der Waals surface area contributed by atoms with Crippen LogP contribution in [0.15, 0.2) is 6.20 Å². The second-order valence-electron chi connectivity index (χ2n) is 3.89. The van der Waals surface area contributed by atoms with Crippen LogP contribution in [0, 0.1) is 0 Å². The minimum absolute atomic E-state index is 0.815. The maximum absolute atomic E-state index is 5.91. The van der Waals surface area contributed by atoms with Gasteiger partial charge in [-0.1, -0.05) is 0 Å². The fraction of sp³-hybridized carbons (Fsp3) is 0.700. The van der Waals surface area contributed by atoms with Gasteiger partial charge in [-0.15, -0.1) is 0 Å². The molecule has 0 bridgehead atoms. The highest BCUT2D eigenvalue weighted by Gasteiger charge is 2.14. The highest BCUT2D eigenvalue weighted by molar-refractivity contribution is 5.40. The van der Waals surface area contributed by atoms with Crippen LogP contribution >= 0.6 is 0 Å². The van der Waals surface area contributed by atoms with E-state index in [9.17, 15) is 0 Å². The van der Waals surface area contributed by atoms with Crippen LogP contribution in [0.5, 0.6) is 0 Å². The van der Waals surface area contributed by atoms with Crippen molar-refractivity contribution in [1.29, 1.82) is 0 Å². The van der Waals surface area contributed by atoms with E-state index in [1.165, 1.54) is 0 Å². The van der Waals surface area contributed by atoms with Gasteiger partial charge in [0.05, 0.1) is 17.6 Å². The van der Waals surface area contributed by atoms with Gasteiger partial charge in [-0.3, -0.25) is 9.58 Å². The summed E-state index contributed by atoms with van der Waals surface area (Å²) in [5, 5.41) is 7.59. The summed E-state index contributed by atoms with van der Waals surface area (Å²) in [4.78, 5) is 2.41. The van der Waals surface area contributed by atoms with Crippen molar-refractivity contribution in [3.8, 4) is 0 Å². The summed E-state index contributed by atoms with van der Waals surface area (Å²) in [6.07, 6.45) is 1.75. The van der Waals surface area contributed by atoms with Crippen molar-refractivity contribution in [2.45, 2.75) is 20.0 Å². The number of aryl methyl sites for hydroxylation is 1. The molecule has 1 aliphatic heterocycles. The van der Waals surface area contributed by atoms with Crippen molar-refractivity contribution in [2.24, 2.45) is 0 Å². The Hall–Kier alpha value is -1.07. The third kappa shape index (κ3) is 2.30. The van der Waals surface area contributed by atoms with Crippen LogP contribution in [0.25, 0.3) is 0 Å². The lowest BCUT2D eigenvalue weighted by atomic mass is 10.3. The van der Waals surface area contributed by atoms with Gasteiger partial charge in [0.1, 0.15) is 0 Å². The molecule has 1 fully saturated rings. The number of hydrogen-bond acceptors (Lipinski definition) is 4. The zero-order valence-corrected chi connectivity index (χ0v) is 9.24. The zero-order valence-electron chi connectivity index (χ0n) is 9.24. The van der Waals surface area contributed by atoms with E-state index in [1.54, 1.807) is 6.20 Å². The van der Waals surface area contributed by atoms with Gasteiger partial charge in [-0.05, 0) is 6.92 Å². The normalized spacial score (nSPS) is 18.2. The molecule has 84 valence electrons. The molecule has 5 heteroatoms. The Bertz CT molecular complexity index is 314. The second kappa shape index (κ2) is 4.63. The Morgan fingerprint density at radius 3 is 2.87 bits per heavy atom. The molecule has 0 aliphatic carbocycles. The van der Waals surface area contributed by atoms with Crippen molar-refractivity contribution < 1.29 is 0 Å². The lowest BCUT2D eigenvalue weighted by Crippen LogP contribution is -2.43. The fourth-order valence-electron chi connectivity index (χ4n) is 1.95. The predicted octanol–water partition coefficient (Wildman–Crippen LogP) is -0.110. The molecule has 1 aromatic heterocycles. The van der Waals surface area contributed by atoms with Crippen molar-refractivity contribution >= 4 is 5.69 Å². The van der Waals surface area contributed by atoms with E-state index >= 15 is 0 Å². The minimum atomic E-state index is 0.815. The van der Waals surface area contributed by atoms with Crippen LogP contribution in [0.4, 0.5) is 5.69 Å². The van der Waals surface area contributed by atoms with E-state index in [4.69, 9.17) is 5.73 Å². The number of nitrogens with one attached hydrogen (secondary N) is 1. The lowest BCUT2D eigenvalue weighted by Gasteiger charge is -2.27. The molecule has 0 unspecified atom stereocenters. The van der Waals surface area contributed by atoms with Crippen LogP contribution in [0.1, 0.15) is 12.6 Å². The Balaban J connectivity index is 2.04. The van der Waals surface area contributed by atoms with E-state index in [0.29, 0.717) is 0 Å². The molecule has 1 saturated heterocycles. The van der Waals surface area contributed by atoms with Crippen molar-refractivity contribution in [1.82, 2.24) is 20.0 Å². The van der Waals surface area contributed by atoms with Gasteiger partial charge < -0.3 is 11.1 Å². The highest BCUT2D eigenvalue weighted by atomic mass is 15.3. The molecule has 2 rings (SSSR count). The standard InChI is InChI=1S/C10H19N5/c1-2-15-10(9(11)7-13-15)8-14-5-3-12-4-6-14/h7,12H,2-6,8,11H2,1H3. The van der Waals surface area contributed by atoms with Crippen molar-refractivity contribution in [3.05, 3.63) is 11.9 Å². The quantitative estimate of drug-likeness (QED) is 0.729. The van der Waals surface area contributed by atoms with Crippen LogP contribution in [-0.4, -0.2) is 40.9 Å².